The van der Waals surface area contributed by atoms with Gasteiger partial charge in [0.2, 0.25) is 11.8 Å². The van der Waals surface area contributed by atoms with Gasteiger partial charge in [-0.2, -0.15) is 0 Å². The molecule has 22 heavy (non-hydrogen) atoms. The number of nitrogens with one attached hydrogen (secondary N) is 2. The predicted octanol–water partition coefficient (Wildman–Crippen LogP) is 2.30. The van der Waals surface area contributed by atoms with Crippen molar-refractivity contribution in [1.82, 2.24) is 5.32 Å². The van der Waals surface area contributed by atoms with E-state index in [0.717, 1.165) is 23.2 Å². The summed E-state index contributed by atoms with van der Waals surface area (Å²) in [6, 6.07) is 5.62. The number of halogens is 1. The second-order valence-corrected chi connectivity index (χ2v) is 6.00. The Labute approximate surface area is 137 Å². The second-order valence-electron chi connectivity index (χ2n) is 6.00. The Kier molecular flexibility index (Phi) is 5.97. The fraction of sp³-hybridized carbons (Fsp3) is 0.500. The number of rotatable bonds is 5. The third kappa shape index (κ3) is 3.99. The number of hydrogen-bond donors (Lipinski definition) is 3. The van der Waals surface area contributed by atoms with Crippen molar-refractivity contribution in [3.8, 4) is 0 Å². The van der Waals surface area contributed by atoms with E-state index in [1.54, 1.807) is 6.92 Å². The van der Waals surface area contributed by atoms with Gasteiger partial charge >= 0.3 is 0 Å². The van der Waals surface area contributed by atoms with Gasteiger partial charge in [0.15, 0.2) is 0 Å². The second kappa shape index (κ2) is 7.11. The van der Waals surface area contributed by atoms with Crippen LogP contribution < -0.4 is 16.4 Å². The highest BCUT2D eigenvalue weighted by Gasteiger charge is 2.28. The van der Waals surface area contributed by atoms with Crippen LogP contribution >= 0.6 is 12.4 Å². The molecule has 0 saturated heterocycles. The molecule has 1 aromatic rings. The molecule has 5 nitrogen and oxygen atoms in total. The smallest absolute Gasteiger partial charge is 0.240 e. The number of nitrogens with two attached hydrogens (primary N) is 1. The number of carbonyl (C=O) groups excluding carboxylic acids is 2. The van der Waals surface area contributed by atoms with Crippen LogP contribution in [0.25, 0.3) is 0 Å². The fourth-order valence-corrected chi connectivity index (χ4v) is 2.60. The molecule has 0 radical (unpaired) electrons. The van der Waals surface area contributed by atoms with Gasteiger partial charge < -0.3 is 16.4 Å². The minimum atomic E-state index is -0.850. The largest absolute Gasteiger partial charge is 0.348 e. The normalized spacial score (nSPS) is 16.8. The molecule has 0 saturated carbocycles. The molecule has 1 aromatic carbocycles. The molecule has 1 heterocycles. The summed E-state index contributed by atoms with van der Waals surface area (Å²) < 4.78 is 0. The van der Waals surface area contributed by atoms with Gasteiger partial charge in [-0.1, -0.05) is 25.5 Å². The van der Waals surface area contributed by atoms with Crippen molar-refractivity contribution in [2.24, 2.45) is 5.73 Å². The van der Waals surface area contributed by atoms with Crippen molar-refractivity contribution in [2.75, 3.05) is 5.32 Å². The van der Waals surface area contributed by atoms with E-state index < -0.39 is 5.54 Å². The molecule has 6 heteroatoms. The summed E-state index contributed by atoms with van der Waals surface area (Å²) in [5, 5.41) is 5.75. The lowest BCUT2D eigenvalue weighted by atomic mass is 9.95. The van der Waals surface area contributed by atoms with Gasteiger partial charge in [0, 0.05) is 5.69 Å². The van der Waals surface area contributed by atoms with Gasteiger partial charge in [-0.3, -0.25) is 9.59 Å². The van der Waals surface area contributed by atoms with Crippen LogP contribution in [-0.2, 0) is 16.0 Å². The minimum Gasteiger partial charge on any atom is -0.348 e. The van der Waals surface area contributed by atoms with Crippen molar-refractivity contribution in [2.45, 2.75) is 51.6 Å². The standard InChI is InChI=1S/C16H23N3O2.ClH/c1-4-7-16(3,17)15(21)18-10(2)11-5-6-13-12(8-11)9-14(20)19-13;/h5-6,8,10H,4,7,9,17H2,1-3H3,(H,18,21)(H,19,20);1H. The Morgan fingerprint density at radius 3 is 2.82 bits per heavy atom. The molecule has 0 fully saturated rings. The molecule has 0 spiro atoms. The molecule has 0 aliphatic carbocycles. The van der Waals surface area contributed by atoms with Gasteiger partial charge in [0.25, 0.3) is 0 Å². The summed E-state index contributed by atoms with van der Waals surface area (Å²) in [6.45, 7) is 5.68. The summed E-state index contributed by atoms with van der Waals surface area (Å²) in [6.07, 6.45) is 1.91. The Bertz CT molecular complexity index is 573. The Balaban J connectivity index is 0.00000242. The first kappa shape index (κ1) is 18.5. The number of fused-ring (bicyclic) bond motifs is 1. The number of carbonyl (C=O) groups is 2. The highest BCUT2D eigenvalue weighted by atomic mass is 35.5. The Morgan fingerprint density at radius 2 is 2.18 bits per heavy atom. The summed E-state index contributed by atoms with van der Waals surface area (Å²) in [7, 11) is 0. The van der Waals surface area contributed by atoms with Crippen molar-refractivity contribution in [3.05, 3.63) is 29.3 Å². The molecule has 2 rings (SSSR count). The molecule has 122 valence electrons. The van der Waals surface area contributed by atoms with Crippen LogP contribution in [0.5, 0.6) is 0 Å². The summed E-state index contributed by atoms with van der Waals surface area (Å²) in [4.78, 5) is 23.6. The maximum atomic E-state index is 12.2. The topological polar surface area (TPSA) is 84.2 Å². The summed E-state index contributed by atoms with van der Waals surface area (Å²) in [5.74, 6) is -0.136. The Hall–Kier alpha value is -1.59. The van der Waals surface area contributed by atoms with E-state index in [9.17, 15) is 9.59 Å². The molecular weight excluding hydrogens is 302 g/mol. The van der Waals surface area contributed by atoms with Crippen LogP contribution in [0.15, 0.2) is 18.2 Å². The van der Waals surface area contributed by atoms with Gasteiger partial charge in [0.05, 0.1) is 18.0 Å². The van der Waals surface area contributed by atoms with Gasteiger partial charge in [0.1, 0.15) is 0 Å². The number of amides is 2. The lowest BCUT2D eigenvalue weighted by Crippen LogP contribution is -2.52. The number of anilines is 1. The number of benzene rings is 1. The molecule has 1 aliphatic rings. The SMILES string of the molecule is CCCC(C)(N)C(=O)NC(C)c1ccc2c(c1)CC(=O)N2.Cl. The van der Waals surface area contributed by atoms with Gasteiger partial charge in [-0.15, -0.1) is 12.4 Å². The summed E-state index contributed by atoms with van der Waals surface area (Å²) >= 11 is 0. The molecule has 1 aliphatic heterocycles. The first-order valence-corrected chi connectivity index (χ1v) is 7.36. The van der Waals surface area contributed by atoms with Crippen LogP contribution in [0, 0.1) is 0 Å². The van der Waals surface area contributed by atoms with E-state index in [4.69, 9.17) is 5.73 Å². The van der Waals surface area contributed by atoms with Crippen LogP contribution in [-0.4, -0.2) is 17.4 Å². The van der Waals surface area contributed by atoms with Crippen molar-refractivity contribution >= 4 is 29.9 Å². The first-order valence-electron chi connectivity index (χ1n) is 7.36. The predicted molar refractivity (Wildman–Crippen MR) is 90.1 cm³/mol. The Morgan fingerprint density at radius 1 is 1.50 bits per heavy atom. The minimum absolute atomic E-state index is 0. The van der Waals surface area contributed by atoms with Crippen molar-refractivity contribution in [1.29, 1.82) is 0 Å². The lowest BCUT2D eigenvalue weighted by molar-refractivity contribution is -0.126. The molecule has 2 atom stereocenters. The maximum Gasteiger partial charge on any atom is 0.240 e. The molecular formula is C16H24ClN3O2. The van der Waals surface area contributed by atoms with Gasteiger partial charge in [-0.05, 0) is 37.5 Å². The zero-order valence-corrected chi connectivity index (χ0v) is 14.0. The quantitative estimate of drug-likeness (QED) is 0.776. The van der Waals surface area contributed by atoms with Crippen LogP contribution in [0.4, 0.5) is 5.69 Å². The van der Waals surface area contributed by atoms with Crippen LogP contribution in [0.1, 0.15) is 50.8 Å². The van der Waals surface area contributed by atoms with Crippen molar-refractivity contribution in [3.63, 3.8) is 0 Å². The number of hydrogen-bond acceptors (Lipinski definition) is 3. The third-order valence-corrected chi connectivity index (χ3v) is 3.89. The fourth-order valence-electron chi connectivity index (χ4n) is 2.60. The van der Waals surface area contributed by atoms with Crippen LogP contribution in [0.3, 0.4) is 0 Å². The highest BCUT2D eigenvalue weighted by molar-refractivity contribution is 5.99. The zero-order valence-electron chi connectivity index (χ0n) is 13.2. The average Bonchev–Trinajstić information content (AvgIpc) is 2.77. The highest BCUT2D eigenvalue weighted by Crippen LogP contribution is 2.26. The molecule has 2 amide bonds. The van der Waals surface area contributed by atoms with Crippen molar-refractivity contribution < 1.29 is 9.59 Å². The third-order valence-electron chi connectivity index (χ3n) is 3.89. The van der Waals surface area contributed by atoms with E-state index in [1.165, 1.54) is 0 Å². The molecule has 2 unspecified atom stereocenters. The molecule has 0 aromatic heterocycles. The van der Waals surface area contributed by atoms with E-state index in [2.05, 4.69) is 10.6 Å². The summed E-state index contributed by atoms with van der Waals surface area (Å²) in [5.41, 5.74) is 8.00. The van der Waals surface area contributed by atoms with E-state index in [-0.39, 0.29) is 30.3 Å². The van der Waals surface area contributed by atoms with E-state index >= 15 is 0 Å². The van der Waals surface area contributed by atoms with Gasteiger partial charge in [-0.25, -0.2) is 0 Å². The lowest BCUT2D eigenvalue weighted by Gasteiger charge is -2.25. The van der Waals surface area contributed by atoms with E-state index in [1.807, 2.05) is 32.0 Å². The van der Waals surface area contributed by atoms with E-state index in [0.29, 0.717) is 12.8 Å². The maximum absolute atomic E-state index is 12.2. The monoisotopic (exact) mass is 325 g/mol. The van der Waals surface area contributed by atoms with Crippen LogP contribution in [0.2, 0.25) is 0 Å². The molecule has 4 N–H and O–H groups in total. The molecule has 0 bridgehead atoms. The zero-order chi connectivity index (χ0) is 15.6. The average molecular weight is 326 g/mol. The first-order chi connectivity index (χ1) is 9.83.